The van der Waals surface area contributed by atoms with Gasteiger partial charge in [0.15, 0.2) is 0 Å². The normalized spacial score (nSPS) is 15.8. The van der Waals surface area contributed by atoms with Crippen LogP contribution in [0.15, 0.2) is 48.7 Å². The number of carbonyl (C=O) groups excluding carboxylic acids is 1. The summed E-state index contributed by atoms with van der Waals surface area (Å²) in [6.45, 7) is 3.70. The third kappa shape index (κ3) is 5.85. The van der Waals surface area contributed by atoms with E-state index in [-0.39, 0.29) is 5.91 Å². The largest absolute Gasteiger partial charge is 0.373 e. The van der Waals surface area contributed by atoms with Gasteiger partial charge in [0, 0.05) is 75.4 Å². The molecular formula is C30H42N10O. The highest BCUT2D eigenvalue weighted by atomic mass is 16.2. The van der Waals surface area contributed by atoms with Gasteiger partial charge in [-0.15, -0.1) is 0 Å². The number of anilines is 2. The summed E-state index contributed by atoms with van der Waals surface area (Å²) in [5.74, 6) is 13.8. The second kappa shape index (κ2) is 12.4. The molecule has 5 rings (SSSR count). The predicted molar refractivity (Wildman–Crippen MR) is 164 cm³/mol. The minimum absolute atomic E-state index is 0.0418. The van der Waals surface area contributed by atoms with E-state index < -0.39 is 6.17 Å². The zero-order chi connectivity index (χ0) is 29.1. The number of hydrogen-bond donors (Lipinski definition) is 6. The molecule has 1 amide bonds. The lowest BCUT2D eigenvalue weighted by molar-refractivity contribution is 0.0827. The number of nitrogens with zero attached hydrogens (tertiary/aromatic N) is 4. The second-order valence-electron chi connectivity index (χ2n) is 11.0. The summed E-state index contributed by atoms with van der Waals surface area (Å²) in [4.78, 5) is 21.0. The van der Waals surface area contributed by atoms with Crippen molar-refractivity contribution in [2.45, 2.75) is 31.5 Å². The summed E-state index contributed by atoms with van der Waals surface area (Å²) in [6, 6.07) is 12.5. The molecule has 0 spiro atoms. The standard InChI is InChI=1S/C30H42N10O/c1-33-27-26(28(36-31)37-32)15-22(17-35-27)24-9-12-34-29-25(24)16-23(39(29)4)18-40-13-10-20(11-14-40)19-5-7-21(8-6-19)30(41)38(2)3/h5-9,15-17,20,28,34,36-37H,10-14,18,31-32H2,1-4H3,(H,33,35). The topological polar surface area (TPSA) is 142 Å². The van der Waals surface area contributed by atoms with Crippen LogP contribution >= 0.6 is 0 Å². The number of rotatable bonds is 9. The van der Waals surface area contributed by atoms with E-state index in [9.17, 15) is 4.79 Å². The van der Waals surface area contributed by atoms with Gasteiger partial charge in [0.2, 0.25) is 0 Å². The molecule has 0 bridgehead atoms. The van der Waals surface area contributed by atoms with Crippen LogP contribution in [-0.2, 0) is 13.6 Å². The molecule has 0 aliphatic carbocycles. The fraction of sp³-hybridized carbons (Fsp3) is 0.400. The van der Waals surface area contributed by atoms with Crippen LogP contribution in [0.1, 0.15) is 63.2 Å². The SMILES string of the molecule is CNc1ncc(C2=CCNc3c2cc(CN2CCC(c4ccc(C(=O)N(C)C)cc4)CC2)n3C)cc1C(NN)NN. The number of carbonyl (C=O) groups is 1. The highest BCUT2D eigenvalue weighted by molar-refractivity contribution is 5.93. The van der Waals surface area contributed by atoms with Gasteiger partial charge in [-0.1, -0.05) is 18.2 Å². The Morgan fingerprint density at radius 1 is 1.15 bits per heavy atom. The van der Waals surface area contributed by atoms with Gasteiger partial charge >= 0.3 is 0 Å². The van der Waals surface area contributed by atoms with Crippen molar-refractivity contribution < 1.29 is 4.79 Å². The summed E-state index contributed by atoms with van der Waals surface area (Å²) in [7, 11) is 7.53. The van der Waals surface area contributed by atoms with Gasteiger partial charge in [-0.05, 0) is 67.3 Å². The number of amides is 1. The zero-order valence-corrected chi connectivity index (χ0v) is 24.4. The van der Waals surface area contributed by atoms with E-state index in [4.69, 9.17) is 11.7 Å². The van der Waals surface area contributed by atoms with Crippen LogP contribution in [0.25, 0.3) is 5.57 Å². The fourth-order valence-electron chi connectivity index (χ4n) is 5.96. The van der Waals surface area contributed by atoms with Crippen molar-refractivity contribution in [3.63, 3.8) is 0 Å². The smallest absolute Gasteiger partial charge is 0.253 e. The third-order valence-corrected chi connectivity index (χ3v) is 8.32. The lowest BCUT2D eigenvalue weighted by Crippen LogP contribution is -2.42. The number of likely N-dealkylation sites (tertiary alicyclic amines) is 1. The molecular weight excluding hydrogens is 516 g/mol. The van der Waals surface area contributed by atoms with Gasteiger partial charge in [0.25, 0.3) is 5.91 Å². The van der Waals surface area contributed by atoms with Crippen LogP contribution in [0.2, 0.25) is 0 Å². The number of nitrogens with two attached hydrogens (primary N) is 2. The number of hydrogen-bond acceptors (Lipinski definition) is 9. The molecule has 41 heavy (non-hydrogen) atoms. The number of piperidine rings is 1. The number of nitrogens with one attached hydrogen (secondary N) is 4. The highest BCUT2D eigenvalue weighted by Gasteiger charge is 2.25. The maximum absolute atomic E-state index is 12.2. The summed E-state index contributed by atoms with van der Waals surface area (Å²) >= 11 is 0. The summed E-state index contributed by atoms with van der Waals surface area (Å²) in [5.41, 5.74) is 12.9. The molecule has 1 fully saturated rings. The van der Waals surface area contributed by atoms with Crippen molar-refractivity contribution in [3.8, 4) is 0 Å². The van der Waals surface area contributed by atoms with E-state index in [0.717, 1.165) is 67.1 Å². The molecule has 0 atom stereocenters. The molecule has 3 aromatic rings. The predicted octanol–water partition coefficient (Wildman–Crippen LogP) is 2.33. The molecule has 11 heteroatoms. The number of fused-ring (bicyclic) bond motifs is 1. The van der Waals surface area contributed by atoms with Gasteiger partial charge in [-0.2, -0.15) is 0 Å². The molecule has 218 valence electrons. The molecule has 2 aliphatic rings. The number of aromatic nitrogens is 2. The van der Waals surface area contributed by atoms with Gasteiger partial charge in [0.05, 0.1) is 0 Å². The molecule has 1 saturated heterocycles. The average molecular weight is 559 g/mol. The van der Waals surface area contributed by atoms with Crippen molar-refractivity contribution in [1.29, 1.82) is 0 Å². The van der Waals surface area contributed by atoms with Crippen molar-refractivity contribution in [2.24, 2.45) is 18.7 Å². The van der Waals surface area contributed by atoms with Gasteiger partial charge in [-0.25, -0.2) is 15.8 Å². The number of benzene rings is 1. The first-order valence-electron chi connectivity index (χ1n) is 14.1. The first-order chi connectivity index (χ1) is 19.8. The first-order valence-corrected chi connectivity index (χ1v) is 14.1. The van der Waals surface area contributed by atoms with Crippen molar-refractivity contribution in [2.75, 3.05) is 51.4 Å². The molecule has 8 N–H and O–H groups in total. The average Bonchev–Trinajstić information content (AvgIpc) is 3.32. The molecule has 2 aliphatic heterocycles. The highest BCUT2D eigenvalue weighted by Crippen LogP contribution is 2.37. The summed E-state index contributed by atoms with van der Waals surface area (Å²) in [6.07, 6.45) is 5.86. The Hall–Kier alpha value is -3.74. The van der Waals surface area contributed by atoms with E-state index in [1.807, 2.05) is 25.4 Å². The van der Waals surface area contributed by atoms with Crippen molar-refractivity contribution in [1.82, 2.24) is 30.2 Å². The van der Waals surface area contributed by atoms with Gasteiger partial charge in [-0.3, -0.25) is 21.4 Å². The van der Waals surface area contributed by atoms with E-state index >= 15 is 0 Å². The van der Waals surface area contributed by atoms with E-state index in [2.05, 4.69) is 73.3 Å². The Kier molecular flexibility index (Phi) is 8.71. The number of hydrazine groups is 2. The van der Waals surface area contributed by atoms with Crippen LogP contribution in [-0.4, -0.2) is 66.0 Å². The Morgan fingerprint density at radius 2 is 1.85 bits per heavy atom. The van der Waals surface area contributed by atoms with E-state index in [0.29, 0.717) is 11.7 Å². The molecule has 4 heterocycles. The molecule has 0 saturated carbocycles. The minimum atomic E-state index is -0.445. The monoisotopic (exact) mass is 558 g/mol. The minimum Gasteiger partial charge on any atom is -0.373 e. The Balaban J connectivity index is 1.29. The molecule has 0 radical (unpaired) electrons. The van der Waals surface area contributed by atoms with Gasteiger partial charge in [0.1, 0.15) is 17.8 Å². The fourth-order valence-corrected chi connectivity index (χ4v) is 5.96. The molecule has 0 unspecified atom stereocenters. The van der Waals surface area contributed by atoms with Crippen LogP contribution in [0.3, 0.4) is 0 Å². The maximum Gasteiger partial charge on any atom is 0.253 e. The quantitative estimate of drug-likeness (QED) is 0.133. The number of pyridine rings is 1. The lowest BCUT2D eigenvalue weighted by Gasteiger charge is -2.32. The van der Waals surface area contributed by atoms with Crippen LogP contribution in [0, 0.1) is 0 Å². The molecule has 2 aromatic heterocycles. The van der Waals surface area contributed by atoms with E-state index in [1.165, 1.54) is 16.8 Å². The second-order valence-corrected chi connectivity index (χ2v) is 11.0. The third-order valence-electron chi connectivity index (χ3n) is 8.32. The Morgan fingerprint density at radius 3 is 2.49 bits per heavy atom. The Bertz CT molecular complexity index is 1400. The molecule has 1 aromatic carbocycles. The van der Waals surface area contributed by atoms with E-state index in [1.54, 1.807) is 19.0 Å². The van der Waals surface area contributed by atoms with Crippen LogP contribution < -0.4 is 33.2 Å². The summed E-state index contributed by atoms with van der Waals surface area (Å²) < 4.78 is 2.27. The van der Waals surface area contributed by atoms with Crippen molar-refractivity contribution in [3.05, 3.63) is 82.2 Å². The van der Waals surface area contributed by atoms with Crippen LogP contribution in [0.5, 0.6) is 0 Å². The zero-order valence-electron chi connectivity index (χ0n) is 24.4. The van der Waals surface area contributed by atoms with Gasteiger partial charge < -0.3 is 20.1 Å². The van der Waals surface area contributed by atoms with Crippen molar-refractivity contribution >= 4 is 23.1 Å². The first kappa shape index (κ1) is 28.8. The lowest BCUT2D eigenvalue weighted by atomic mass is 9.89. The van der Waals surface area contributed by atoms with Crippen LogP contribution in [0.4, 0.5) is 11.6 Å². The maximum atomic E-state index is 12.2. The summed E-state index contributed by atoms with van der Waals surface area (Å²) in [5, 5.41) is 6.68. The Labute approximate surface area is 241 Å². The molecule has 11 nitrogen and oxygen atoms in total.